The number of pyridine rings is 1. The quantitative estimate of drug-likeness (QED) is 0.538. The second-order valence-electron chi connectivity index (χ2n) is 7.70. The average molecular weight is 390 g/mol. The lowest BCUT2D eigenvalue weighted by molar-refractivity contribution is 0.102. The van der Waals surface area contributed by atoms with Crippen LogP contribution in [0.2, 0.25) is 0 Å². The van der Waals surface area contributed by atoms with E-state index in [2.05, 4.69) is 29.4 Å². The Morgan fingerprint density at radius 2 is 2.17 bits per heavy atom. The van der Waals surface area contributed by atoms with E-state index in [0.29, 0.717) is 23.8 Å². The molecule has 0 aromatic carbocycles. The first kappa shape index (κ1) is 17.7. The zero-order valence-corrected chi connectivity index (χ0v) is 16.4. The fourth-order valence-corrected chi connectivity index (χ4v) is 3.49. The van der Waals surface area contributed by atoms with Crippen LogP contribution < -0.4 is 5.32 Å². The van der Waals surface area contributed by atoms with Crippen LogP contribution in [0.5, 0.6) is 0 Å². The standard InChI is InChI=1S/C21H22N6O2/c1-13(2)27-20-17(11-23-27)16(10-18(24-20)14-5-6-14)21(28)25-19-7-8-22-26(19)12-15-4-3-9-29-15/h3-4,7-11,13-14H,5-6,12H2,1-2H3,(H,25,28). The van der Waals surface area contributed by atoms with Crippen molar-refractivity contribution in [2.75, 3.05) is 5.32 Å². The molecule has 1 fully saturated rings. The average Bonchev–Trinajstić information content (AvgIpc) is 3.07. The summed E-state index contributed by atoms with van der Waals surface area (Å²) in [7, 11) is 0. The topological polar surface area (TPSA) is 90.8 Å². The minimum absolute atomic E-state index is 0.167. The molecule has 8 heteroatoms. The summed E-state index contributed by atoms with van der Waals surface area (Å²) < 4.78 is 8.97. The number of hydrogen-bond donors (Lipinski definition) is 1. The summed E-state index contributed by atoms with van der Waals surface area (Å²) in [4.78, 5) is 18.0. The molecule has 4 aromatic heterocycles. The van der Waals surface area contributed by atoms with E-state index in [4.69, 9.17) is 9.40 Å². The number of nitrogens with one attached hydrogen (secondary N) is 1. The Kier molecular flexibility index (Phi) is 4.19. The Morgan fingerprint density at radius 1 is 1.31 bits per heavy atom. The maximum atomic E-state index is 13.2. The third-order valence-electron chi connectivity index (χ3n) is 5.16. The number of hydrogen-bond acceptors (Lipinski definition) is 5. The Labute approximate surface area is 167 Å². The van der Waals surface area contributed by atoms with Crippen molar-refractivity contribution in [3.05, 3.63) is 59.9 Å². The minimum atomic E-state index is -0.191. The molecule has 148 valence electrons. The van der Waals surface area contributed by atoms with Gasteiger partial charge in [0.15, 0.2) is 5.65 Å². The number of amides is 1. The molecule has 29 heavy (non-hydrogen) atoms. The summed E-state index contributed by atoms with van der Waals surface area (Å²) in [6.45, 7) is 4.57. The fraction of sp³-hybridized carbons (Fsp3) is 0.333. The van der Waals surface area contributed by atoms with E-state index in [1.165, 1.54) is 0 Å². The summed E-state index contributed by atoms with van der Waals surface area (Å²) >= 11 is 0. The molecule has 0 unspecified atom stereocenters. The molecule has 1 N–H and O–H groups in total. The molecule has 4 heterocycles. The van der Waals surface area contributed by atoms with Crippen molar-refractivity contribution in [1.29, 1.82) is 0 Å². The van der Waals surface area contributed by atoms with Gasteiger partial charge in [-0.3, -0.25) is 4.79 Å². The van der Waals surface area contributed by atoms with Crippen LogP contribution in [0.15, 0.2) is 47.3 Å². The van der Waals surface area contributed by atoms with E-state index in [1.807, 2.05) is 22.9 Å². The number of furan rings is 1. The van der Waals surface area contributed by atoms with Gasteiger partial charge in [-0.25, -0.2) is 14.3 Å². The number of aromatic nitrogens is 5. The first-order valence-corrected chi connectivity index (χ1v) is 9.84. The van der Waals surface area contributed by atoms with Crippen molar-refractivity contribution in [2.24, 2.45) is 0 Å². The van der Waals surface area contributed by atoms with Crippen LogP contribution in [0, 0.1) is 0 Å². The van der Waals surface area contributed by atoms with Gasteiger partial charge in [0.1, 0.15) is 18.1 Å². The number of fused-ring (bicyclic) bond motifs is 1. The maximum absolute atomic E-state index is 13.2. The summed E-state index contributed by atoms with van der Waals surface area (Å²) in [5.41, 5.74) is 2.32. The molecule has 1 saturated carbocycles. The second-order valence-corrected chi connectivity index (χ2v) is 7.70. The smallest absolute Gasteiger partial charge is 0.257 e. The molecule has 1 aliphatic carbocycles. The molecule has 0 spiro atoms. The summed E-state index contributed by atoms with van der Waals surface area (Å²) in [5.74, 6) is 1.63. The highest BCUT2D eigenvalue weighted by Crippen LogP contribution is 2.40. The van der Waals surface area contributed by atoms with E-state index < -0.39 is 0 Å². The van der Waals surface area contributed by atoms with E-state index in [1.54, 1.807) is 29.4 Å². The molecular weight excluding hydrogens is 368 g/mol. The van der Waals surface area contributed by atoms with Crippen molar-refractivity contribution in [1.82, 2.24) is 24.5 Å². The zero-order valence-electron chi connectivity index (χ0n) is 16.4. The molecule has 0 saturated heterocycles. The van der Waals surface area contributed by atoms with E-state index in [-0.39, 0.29) is 11.9 Å². The third kappa shape index (κ3) is 3.30. The highest BCUT2D eigenvalue weighted by Gasteiger charge is 2.28. The predicted molar refractivity (Wildman–Crippen MR) is 108 cm³/mol. The Morgan fingerprint density at radius 3 is 2.90 bits per heavy atom. The molecule has 0 radical (unpaired) electrons. The van der Waals surface area contributed by atoms with Crippen LogP contribution in [0.25, 0.3) is 11.0 Å². The second kappa shape index (κ2) is 6.88. The predicted octanol–water partition coefficient (Wildman–Crippen LogP) is 3.98. The number of carbonyl (C=O) groups excluding carboxylic acids is 1. The zero-order chi connectivity index (χ0) is 20.0. The largest absolute Gasteiger partial charge is 0.467 e. The number of nitrogens with zero attached hydrogens (tertiary/aromatic N) is 5. The van der Waals surface area contributed by atoms with Gasteiger partial charge < -0.3 is 9.73 Å². The highest BCUT2D eigenvalue weighted by molar-refractivity contribution is 6.11. The highest BCUT2D eigenvalue weighted by atomic mass is 16.3. The molecule has 0 aliphatic heterocycles. The lowest BCUT2D eigenvalue weighted by Crippen LogP contribution is -2.17. The van der Waals surface area contributed by atoms with Crippen LogP contribution in [-0.4, -0.2) is 30.5 Å². The van der Waals surface area contributed by atoms with Gasteiger partial charge in [-0.05, 0) is 44.9 Å². The van der Waals surface area contributed by atoms with Gasteiger partial charge in [0, 0.05) is 23.7 Å². The molecule has 5 rings (SSSR count). The van der Waals surface area contributed by atoms with Gasteiger partial charge >= 0.3 is 0 Å². The molecule has 0 bridgehead atoms. The lowest BCUT2D eigenvalue weighted by Gasteiger charge is -2.11. The Balaban J connectivity index is 1.49. The van der Waals surface area contributed by atoms with Crippen molar-refractivity contribution in [3.8, 4) is 0 Å². The van der Waals surface area contributed by atoms with E-state index in [9.17, 15) is 4.79 Å². The van der Waals surface area contributed by atoms with Crippen LogP contribution in [0.4, 0.5) is 5.82 Å². The Hall–Kier alpha value is -3.42. The van der Waals surface area contributed by atoms with Gasteiger partial charge in [0.25, 0.3) is 5.91 Å². The lowest BCUT2D eigenvalue weighted by atomic mass is 10.1. The van der Waals surface area contributed by atoms with E-state index >= 15 is 0 Å². The third-order valence-corrected chi connectivity index (χ3v) is 5.16. The normalized spacial score (nSPS) is 14.0. The van der Waals surface area contributed by atoms with Crippen LogP contribution in [0.3, 0.4) is 0 Å². The van der Waals surface area contributed by atoms with Gasteiger partial charge in [-0.15, -0.1) is 0 Å². The molecule has 8 nitrogen and oxygen atoms in total. The first-order valence-electron chi connectivity index (χ1n) is 9.84. The minimum Gasteiger partial charge on any atom is -0.467 e. The summed E-state index contributed by atoms with van der Waals surface area (Å²) in [5, 5.41) is 12.5. The molecule has 0 atom stereocenters. The fourth-order valence-electron chi connectivity index (χ4n) is 3.49. The van der Waals surface area contributed by atoms with E-state index in [0.717, 1.165) is 35.3 Å². The number of rotatable bonds is 6. The summed E-state index contributed by atoms with van der Waals surface area (Å²) in [6, 6.07) is 7.56. The monoisotopic (exact) mass is 390 g/mol. The van der Waals surface area contributed by atoms with Crippen molar-refractivity contribution in [3.63, 3.8) is 0 Å². The van der Waals surface area contributed by atoms with Gasteiger partial charge in [0.05, 0.1) is 29.6 Å². The summed E-state index contributed by atoms with van der Waals surface area (Å²) in [6.07, 6.45) is 7.24. The van der Waals surface area contributed by atoms with Crippen LogP contribution in [-0.2, 0) is 6.54 Å². The van der Waals surface area contributed by atoms with Gasteiger partial charge in [0.2, 0.25) is 0 Å². The van der Waals surface area contributed by atoms with Crippen molar-refractivity contribution >= 4 is 22.8 Å². The number of anilines is 1. The molecular formula is C21H22N6O2. The SMILES string of the molecule is CC(C)n1ncc2c(C(=O)Nc3ccnn3Cc3ccco3)cc(C3CC3)nc21. The van der Waals surface area contributed by atoms with Gasteiger partial charge in [-0.2, -0.15) is 10.2 Å². The van der Waals surface area contributed by atoms with Crippen LogP contribution >= 0.6 is 0 Å². The van der Waals surface area contributed by atoms with Crippen molar-refractivity contribution in [2.45, 2.75) is 45.2 Å². The Bertz CT molecular complexity index is 1170. The first-order chi connectivity index (χ1) is 14.1. The maximum Gasteiger partial charge on any atom is 0.257 e. The van der Waals surface area contributed by atoms with Crippen molar-refractivity contribution < 1.29 is 9.21 Å². The molecule has 1 amide bonds. The number of carbonyl (C=O) groups is 1. The van der Waals surface area contributed by atoms with Gasteiger partial charge in [-0.1, -0.05) is 0 Å². The molecule has 1 aliphatic rings. The van der Waals surface area contributed by atoms with Crippen LogP contribution in [0.1, 0.15) is 60.5 Å². The molecule has 4 aromatic rings.